The predicted molar refractivity (Wildman–Crippen MR) is 90.2 cm³/mol. The first-order chi connectivity index (χ1) is 10.9. The van der Waals surface area contributed by atoms with Crippen molar-refractivity contribution < 1.29 is 13.2 Å². The van der Waals surface area contributed by atoms with Gasteiger partial charge in [-0.25, -0.2) is 8.42 Å². The van der Waals surface area contributed by atoms with Crippen molar-refractivity contribution in [1.82, 2.24) is 14.5 Å². The fourth-order valence-corrected chi connectivity index (χ4v) is 3.93. The molecular formula is C15H20ClN3O3S. The Hall–Kier alpha value is -1.41. The molecule has 0 aromatic heterocycles. The lowest BCUT2D eigenvalue weighted by Crippen LogP contribution is -2.47. The van der Waals surface area contributed by atoms with Crippen molar-refractivity contribution >= 4 is 27.5 Å². The Balaban J connectivity index is 2.29. The second kappa shape index (κ2) is 7.44. The SMILES string of the molecule is C=CCNC(=O)c1cc(S(=O)(=O)N2CCN(C)CC2)ccc1Cl. The Labute approximate surface area is 141 Å². The van der Waals surface area contributed by atoms with Crippen molar-refractivity contribution in [1.29, 1.82) is 0 Å². The minimum atomic E-state index is -3.63. The molecule has 6 nitrogen and oxygen atoms in total. The van der Waals surface area contributed by atoms with Crippen LogP contribution in [0.5, 0.6) is 0 Å². The summed E-state index contributed by atoms with van der Waals surface area (Å²) in [6.07, 6.45) is 1.54. The van der Waals surface area contributed by atoms with Crippen LogP contribution in [0.4, 0.5) is 0 Å². The van der Waals surface area contributed by atoms with Gasteiger partial charge in [0.15, 0.2) is 0 Å². The molecule has 23 heavy (non-hydrogen) atoms. The van der Waals surface area contributed by atoms with Crippen LogP contribution in [-0.4, -0.2) is 63.3 Å². The number of sulfonamides is 1. The van der Waals surface area contributed by atoms with Gasteiger partial charge >= 0.3 is 0 Å². The first-order valence-electron chi connectivity index (χ1n) is 7.23. The van der Waals surface area contributed by atoms with Gasteiger partial charge in [0.2, 0.25) is 10.0 Å². The van der Waals surface area contributed by atoms with Crippen LogP contribution in [0.15, 0.2) is 35.7 Å². The van der Waals surface area contributed by atoms with Gasteiger partial charge in [0, 0.05) is 32.7 Å². The van der Waals surface area contributed by atoms with Crippen LogP contribution in [0.25, 0.3) is 0 Å². The third-order valence-corrected chi connectivity index (χ3v) is 5.91. The molecule has 0 aliphatic carbocycles. The highest BCUT2D eigenvalue weighted by molar-refractivity contribution is 7.89. The topological polar surface area (TPSA) is 69.7 Å². The molecule has 8 heteroatoms. The molecule has 1 fully saturated rings. The highest BCUT2D eigenvalue weighted by atomic mass is 35.5. The largest absolute Gasteiger partial charge is 0.349 e. The van der Waals surface area contributed by atoms with E-state index in [1.54, 1.807) is 0 Å². The second-order valence-corrected chi connectivity index (χ2v) is 7.69. The van der Waals surface area contributed by atoms with Crippen LogP contribution in [0.1, 0.15) is 10.4 Å². The molecule has 126 valence electrons. The van der Waals surface area contributed by atoms with Gasteiger partial charge in [0.1, 0.15) is 0 Å². The van der Waals surface area contributed by atoms with Crippen molar-refractivity contribution in [3.8, 4) is 0 Å². The van der Waals surface area contributed by atoms with E-state index >= 15 is 0 Å². The number of hydrogen-bond donors (Lipinski definition) is 1. The summed E-state index contributed by atoms with van der Waals surface area (Å²) in [5.41, 5.74) is 0.142. The van der Waals surface area contributed by atoms with E-state index in [0.717, 1.165) is 0 Å². The molecule has 1 aromatic carbocycles. The van der Waals surface area contributed by atoms with Gasteiger partial charge in [-0.3, -0.25) is 4.79 Å². The molecule has 0 atom stereocenters. The summed E-state index contributed by atoms with van der Waals surface area (Å²) in [7, 11) is -1.68. The third-order valence-electron chi connectivity index (χ3n) is 3.69. The molecule has 0 bridgehead atoms. The molecule has 0 radical (unpaired) electrons. The zero-order valence-corrected chi connectivity index (χ0v) is 14.5. The summed E-state index contributed by atoms with van der Waals surface area (Å²) in [6.45, 7) is 6.02. The molecule has 1 aliphatic heterocycles. The molecule has 0 saturated carbocycles. The lowest BCUT2D eigenvalue weighted by Gasteiger charge is -2.31. The van der Waals surface area contributed by atoms with Crippen molar-refractivity contribution in [3.05, 3.63) is 41.4 Å². The summed E-state index contributed by atoms with van der Waals surface area (Å²) in [6, 6.07) is 4.20. The predicted octanol–water partition coefficient (Wildman–Crippen LogP) is 1.19. The van der Waals surface area contributed by atoms with Gasteiger partial charge in [-0.05, 0) is 25.2 Å². The van der Waals surface area contributed by atoms with Crippen molar-refractivity contribution in [3.63, 3.8) is 0 Å². The smallest absolute Gasteiger partial charge is 0.253 e. The summed E-state index contributed by atoms with van der Waals surface area (Å²) in [4.78, 5) is 14.2. The van der Waals surface area contributed by atoms with Gasteiger partial charge in [-0.1, -0.05) is 17.7 Å². The van der Waals surface area contributed by atoms with Gasteiger partial charge in [-0.15, -0.1) is 6.58 Å². The molecule has 0 spiro atoms. The monoisotopic (exact) mass is 357 g/mol. The Bertz CT molecular complexity index is 698. The van der Waals surface area contributed by atoms with Crippen molar-refractivity contribution in [2.45, 2.75) is 4.90 Å². The van der Waals surface area contributed by atoms with E-state index in [1.165, 1.54) is 28.6 Å². The fraction of sp³-hybridized carbons (Fsp3) is 0.400. The second-order valence-electron chi connectivity index (χ2n) is 5.35. The fourth-order valence-electron chi connectivity index (χ4n) is 2.28. The highest BCUT2D eigenvalue weighted by Crippen LogP contribution is 2.23. The van der Waals surface area contributed by atoms with Crippen LogP contribution < -0.4 is 5.32 Å². The number of nitrogens with zero attached hydrogens (tertiary/aromatic N) is 2. The summed E-state index contributed by atoms with van der Waals surface area (Å²) >= 11 is 6.02. The van der Waals surface area contributed by atoms with Crippen molar-refractivity contribution in [2.75, 3.05) is 39.8 Å². The Kier molecular flexibility index (Phi) is 5.80. The van der Waals surface area contributed by atoms with E-state index < -0.39 is 15.9 Å². The van der Waals surface area contributed by atoms with Crippen LogP contribution >= 0.6 is 11.6 Å². The number of rotatable bonds is 5. The quantitative estimate of drug-likeness (QED) is 0.804. The summed E-state index contributed by atoms with van der Waals surface area (Å²) in [5, 5.41) is 2.81. The first-order valence-corrected chi connectivity index (χ1v) is 9.05. The van der Waals surface area contributed by atoms with E-state index in [-0.39, 0.29) is 22.0 Å². The summed E-state index contributed by atoms with van der Waals surface area (Å²) < 4.78 is 26.9. The van der Waals surface area contributed by atoms with E-state index in [1.807, 2.05) is 7.05 Å². The summed E-state index contributed by atoms with van der Waals surface area (Å²) in [5.74, 6) is -0.426. The highest BCUT2D eigenvalue weighted by Gasteiger charge is 2.28. The number of piperazine rings is 1. The van der Waals surface area contributed by atoms with E-state index in [4.69, 9.17) is 11.6 Å². The number of likely N-dealkylation sites (N-methyl/N-ethyl adjacent to an activating group) is 1. The molecule has 1 aromatic rings. The number of amides is 1. The van der Waals surface area contributed by atoms with E-state index in [9.17, 15) is 13.2 Å². The zero-order valence-electron chi connectivity index (χ0n) is 13.0. The average molecular weight is 358 g/mol. The van der Waals surface area contributed by atoms with Crippen LogP contribution in [0.2, 0.25) is 5.02 Å². The van der Waals surface area contributed by atoms with Gasteiger partial charge in [-0.2, -0.15) is 4.31 Å². The lowest BCUT2D eigenvalue weighted by molar-refractivity contribution is 0.0958. The zero-order chi connectivity index (χ0) is 17.0. The molecular weight excluding hydrogens is 338 g/mol. The molecule has 1 saturated heterocycles. The molecule has 1 heterocycles. The van der Waals surface area contributed by atoms with Gasteiger partial charge in [0.25, 0.3) is 5.91 Å². The standard InChI is InChI=1S/C15H20ClN3O3S/c1-3-6-17-15(20)13-11-12(4-5-14(13)16)23(21,22)19-9-7-18(2)8-10-19/h3-5,11H,1,6-10H2,2H3,(H,17,20). The number of carbonyl (C=O) groups is 1. The van der Waals surface area contributed by atoms with Gasteiger partial charge < -0.3 is 10.2 Å². The molecule has 1 N–H and O–H groups in total. The lowest BCUT2D eigenvalue weighted by atomic mass is 10.2. The molecule has 1 amide bonds. The average Bonchev–Trinajstić information content (AvgIpc) is 2.53. The van der Waals surface area contributed by atoms with E-state index in [0.29, 0.717) is 26.2 Å². The number of benzene rings is 1. The minimum absolute atomic E-state index is 0.0789. The van der Waals surface area contributed by atoms with Crippen LogP contribution in [0, 0.1) is 0 Å². The number of hydrogen-bond acceptors (Lipinski definition) is 4. The van der Waals surface area contributed by atoms with Crippen LogP contribution in [0.3, 0.4) is 0 Å². The maximum atomic E-state index is 12.7. The Morgan fingerprint density at radius 3 is 2.61 bits per heavy atom. The first kappa shape index (κ1) is 17.9. The van der Waals surface area contributed by atoms with Crippen LogP contribution in [-0.2, 0) is 10.0 Å². The maximum Gasteiger partial charge on any atom is 0.253 e. The normalized spacial score (nSPS) is 17.0. The third kappa shape index (κ3) is 4.11. The Morgan fingerprint density at radius 2 is 2.00 bits per heavy atom. The molecule has 2 rings (SSSR count). The number of carbonyl (C=O) groups excluding carboxylic acids is 1. The maximum absolute atomic E-state index is 12.7. The minimum Gasteiger partial charge on any atom is -0.349 e. The van der Waals surface area contributed by atoms with Crippen molar-refractivity contribution in [2.24, 2.45) is 0 Å². The Morgan fingerprint density at radius 1 is 1.35 bits per heavy atom. The van der Waals surface area contributed by atoms with Gasteiger partial charge in [0.05, 0.1) is 15.5 Å². The molecule has 0 unspecified atom stereocenters. The number of nitrogens with one attached hydrogen (secondary N) is 1. The van der Waals surface area contributed by atoms with E-state index in [2.05, 4.69) is 16.8 Å². The number of halogens is 1. The molecule has 1 aliphatic rings.